The van der Waals surface area contributed by atoms with Crippen LogP contribution in [0.3, 0.4) is 0 Å². The van der Waals surface area contributed by atoms with Crippen molar-refractivity contribution in [1.82, 2.24) is 0 Å². The highest BCUT2D eigenvalue weighted by atomic mass is 35.5. The molecule has 0 heterocycles. The van der Waals surface area contributed by atoms with Crippen molar-refractivity contribution in [2.24, 2.45) is 0 Å². The number of benzene rings is 1. The van der Waals surface area contributed by atoms with Crippen molar-refractivity contribution < 1.29 is 9.53 Å². The summed E-state index contributed by atoms with van der Waals surface area (Å²) in [7, 11) is 0. The highest BCUT2D eigenvalue weighted by Gasteiger charge is 2.01. The molecule has 0 atom stereocenters. The minimum atomic E-state index is 0.451. The molecule has 0 aliphatic rings. The minimum absolute atomic E-state index is 0.451. The van der Waals surface area contributed by atoms with Gasteiger partial charge in [-0.15, -0.1) is 0 Å². The Morgan fingerprint density at radius 3 is 2.42 bits per heavy atom. The second-order valence-electron chi connectivity index (χ2n) is 4.77. The van der Waals surface area contributed by atoms with Gasteiger partial charge in [0.2, 0.25) is 0 Å². The summed E-state index contributed by atoms with van der Waals surface area (Å²) in [4.78, 5) is 10.6. The van der Waals surface area contributed by atoms with Crippen molar-refractivity contribution in [2.45, 2.75) is 51.9 Å². The molecular formula is C16H23ClO2. The molecule has 1 aromatic rings. The van der Waals surface area contributed by atoms with Crippen LogP contribution in [0.25, 0.3) is 0 Å². The molecule has 0 saturated heterocycles. The molecule has 3 heteroatoms. The molecule has 0 aliphatic carbocycles. The Kier molecular flexibility index (Phi) is 8.31. The third-order valence-electron chi connectivity index (χ3n) is 3.12. The normalized spacial score (nSPS) is 10.4. The quantitative estimate of drug-likeness (QED) is 0.431. The van der Waals surface area contributed by atoms with Gasteiger partial charge in [-0.3, -0.25) is 4.79 Å². The summed E-state index contributed by atoms with van der Waals surface area (Å²) in [5, 5.41) is 0.451. The van der Waals surface area contributed by atoms with Crippen LogP contribution in [-0.2, 0) is 0 Å². The number of carbonyl (C=O) groups excluding carboxylic acids is 1. The molecule has 0 N–H and O–H groups in total. The fraction of sp³-hybridized carbons (Fsp3) is 0.562. The number of aldehydes is 1. The van der Waals surface area contributed by atoms with Gasteiger partial charge in [0.15, 0.2) is 6.29 Å². The van der Waals surface area contributed by atoms with Crippen molar-refractivity contribution in [1.29, 1.82) is 0 Å². The summed E-state index contributed by atoms with van der Waals surface area (Å²) in [6, 6.07) is 5.18. The Bertz CT molecular complexity index is 377. The Hall–Kier alpha value is -1.02. The van der Waals surface area contributed by atoms with Crippen LogP contribution in [-0.4, -0.2) is 12.9 Å². The van der Waals surface area contributed by atoms with E-state index in [4.69, 9.17) is 16.3 Å². The summed E-state index contributed by atoms with van der Waals surface area (Å²) < 4.78 is 5.61. The summed E-state index contributed by atoms with van der Waals surface area (Å²) in [5.74, 6) is 0.738. The maximum Gasteiger partial charge on any atom is 0.151 e. The third kappa shape index (κ3) is 6.63. The van der Waals surface area contributed by atoms with Crippen molar-refractivity contribution >= 4 is 17.9 Å². The first kappa shape index (κ1) is 16.0. The lowest BCUT2D eigenvalue weighted by atomic mass is 10.1. The largest absolute Gasteiger partial charge is 0.494 e. The van der Waals surface area contributed by atoms with Gasteiger partial charge in [0.1, 0.15) is 5.75 Å². The van der Waals surface area contributed by atoms with E-state index >= 15 is 0 Å². The van der Waals surface area contributed by atoms with Crippen LogP contribution in [0, 0.1) is 0 Å². The number of hydrogen-bond acceptors (Lipinski definition) is 2. The Balaban J connectivity index is 2.12. The van der Waals surface area contributed by atoms with Gasteiger partial charge in [0, 0.05) is 5.56 Å². The van der Waals surface area contributed by atoms with E-state index in [1.165, 1.54) is 38.5 Å². The monoisotopic (exact) mass is 282 g/mol. The number of ether oxygens (including phenoxy) is 1. The van der Waals surface area contributed by atoms with Crippen molar-refractivity contribution in [3.63, 3.8) is 0 Å². The van der Waals surface area contributed by atoms with Gasteiger partial charge >= 0.3 is 0 Å². The van der Waals surface area contributed by atoms with Crippen LogP contribution in [0.15, 0.2) is 18.2 Å². The summed E-state index contributed by atoms with van der Waals surface area (Å²) >= 11 is 5.93. The Labute approximate surface area is 121 Å². The van der Waals surface area contributed by atoms with Crippen LogP contribution < -0.4 is 4.74 Å². The molecule has 2 nitrogen and oxygen atoms in total. The smallest absolute Gasteiger partial charge is 0.151 e. The van der Waals surface area contributed by atoms with Gasteiger partial charge in [0.25, 0.3) is 0 Å². The second-order valence-corrected chi connectivity index (χ2v) is 5.18. The van der Waals surface area contributed by atoms with Crippen LogP contribution in [0.1, 0.15) is 62.2 Å². The molecule has 106 valence electrons. The maximum absolute atomic E-state index is 10.6. The highest BCUT2D eigenvalue weighted by Crippen LogP contribution is 2.21. The lowest BCUT2D eigenvalue weighted by Crippen LogP contribution is -1.97. The minimum Gasteiger partial charge on any atom is -0.494 e. The first-order valence-corrected chi connectivity index (χ1v) is 7.53. The van der Waals surface area contributed by atoms with Gasteiger partial charge in [-0.1, -0.05) is 57.0 Å². The molecule has 0 spiro atoms. The van der Waals surface area contributed by atoms with E-state index in [1.807, 2.05) is 0 Å². The number of halogens is 1. The van der Waals surface area contributed by atoms with Crippen molar-refractivity contribution in [3.05, 3.63) is 28.8 Å². The van der Waals surface area contributed by atoms with E-state index in [0.717, 1.165) is 18.5 Å². The molecule has 19 heavy (non-hydrogen) atoms. The number of rotatable bonds is 10. The lowest BCUT2D eigenvalue weighted by Gasteiger charge is -2.07. The van der Waals surface area contributed by atoms with Crippen LogP contribution in [0.2, 0.25) is 5.02 Å². The molecule has 0 bridgehead atoms. The first-order valence-electron chi connectivity index (χ1n) is 7.15. The van der Waals surface area contributed by atoms with E-state index < -0.39 is 0 Å². The Morgan fingerprint density at radius 1 is 1.11 bits per heavy atom. The molecule has 0 saturated carbocycles. The predicted molar refractivity (Wildman–Crippen MR) is 80.3 cm³/mol. The van der Waals surface area contributed by atoms with Crippen LogP contribution in [0.4, 0.5) is 0 Å². The fourth-order valence-electron chi connectivity index (χ4n) is 1.94. The molecule has 1 rings (SSSR count). The van der Waals surface area contributed by atoms with Gasteiger partial charge in [-0.2, -0.15) is 0 Å². The van der Waals surface area contributed by atoms with Gasteiger partial charge in [-0.25, -0.2) is 0 Å². The molecule has 0 amide bonds. The SMILES string of the molecule is CCCCCCCCCOc1ccc(C=O)c(Cl)c1. The molecule has 0 unspecified atom stereocenters. The van der Waals surface area contributed by atoms with E-state index in [1.54, 1.807) is 18.2 Å². The lowest BCUT2D eigenvalue weighted by molar-refractivity contribution is 0.112. The number of carbonyl (C=O) groups is 1. The zero-order valence-electron chi connectivity index (χ0n) is 11.7. The Morgan fingerprint density at radius 2 is 1.79 bits per heavy atom. The van der Waals surface area contributed by atoms with E-state index in [-0.39, 0.29) is 0 Å². The second kappa shape index (κ2) is 9.85. The summed E-state index contributed by atoms with van der Waals surface area (Å²) in [6.07, 6.45) is 9.63. The predicted octanol–water partition coefficient (Wildman–Crippen LogP) is 5.28. The summed E-state index contributed by atoms with van der Waals surface area (Å²) in [6.45, 7) is 2.94. The van der Waals surface area contributed by atoms with Crippen molar-refractivity contribution in [2.75, 3.05) is 6.61 Å². The van der Waals surface area contributed by atoms with Gasteiger partial charge in [0.05, 0.1) is 11.6 Å². The zero-order valence-corrected chi connectivity index (χ0v) is 12.4. The van der Waals surface area contributed by atoms with Crippen molar-refractivity contribution in [3.8, 4) is 5.75 Å². The average Bonchev–Trinajstić information content (AvgIpc) is 2.42. The molecule has 0 aliphatic heterocycles. The first-order chi connectivity index (χ1) is 9.27. The standard InChI is InChI=1S/C16H23ClO2/c1-2-3-4-5-6-7-8-11-19-15-10-9-14(13-18)16(17)12-15/h9-10,12-13H,2-8,11H2,1H3. The average molecular weight is 283 g/mol. The zero-order chi connectivity index (χ0) is 13.9. The fourth-order valence-corrected chi connectivity index (χ4v) is 2.16. The third-order valence-corrected chi connectivity index (χ3v) is 3.44. The van der Waals surface area contributed by atoms with Crippen LogP contribution >= 0.6 is 11.6 Å². The van der Waals surface area contributed by atoms with E-state index in [9.17, 15) is 4.79 Å². The molecule has 0 aromatic heterocycles. The molecule has 0 fully saturated rings. The maximum atomic E-state index is 10.6. The molecule has 0 radical (unpaired) electrons. The van der Waals surface area contributed by atoms with Gasteiger partial charge < -0.3 is 4.74 Å². The van der Waals surface area contributed by atoms with Gasteiger partial charge in [-0.05, 0) is 24.6 Å². The molecular weight excluding hydrogens is 260 g/mol. The highest BCUT2D eigenvalue weighted by molar-refractivity contribution is 6.33. The number of unbranched alkanes of at least 4 members (excludes halogenated alkanes) is 6. The van der Waals surface area contributed by atoms with Crippen LogP contribution in [0.5, 0.6) is 5.75 Å². The van der Waals surface area contributed by atoms with E-state index in [2.05, 4.69) is 6.92 Å². The van der Waals surface area contributed by atoms with E-state index in [0.29, 0.717) is 17.2 Å². The topological polar surface area (TPSA) is 26.3 Å². The number of hydrogen-bond donors (Lipinski definition) is 0. The molecule has 1 aromatic carbocycles. The summed E-state index contributed by atoms with van der Waals surface area (Å²) in [5.41, 5.74) is 0.505.